The van der Waals surface area contributed by atoms with Crippen LogP contribution in [0.5, 0.6) is 5.75 Å². The Labute approximate surface area is 213 Å². The van der Waals surface area contributed by atoms with Gasteiger partial charge in [0.2, 0.25) is 11.8 Å². The van der Waals surface area contributed by atoms with Crippen LogP contribution in [0.25, 0.3) is 0 Å². The lowest BCUT2D eigenvalue weighted by Gasteiger charge is -2.55. The molecule has 3 N–H and O–H groups in total. The first-order valence-corrected chi connectivity index (χ1v) is 13.1. The van der Waals surface area contributed by atoms with E-state index in [9.17, 15) is 14.7 Å². The molecule has 4 aliphatic rings. The molecule has 1 aliphatic carbocycles. The molecule has 7 nitrogen and oxygen atoms in total. The zero-order valence-corrected chi connectivity index (χ0v) is 21.7. The average molecular weight is 491 g/mol. The van der Waals surface area contributed by atoms with Crippen molar-refractivity contribution in [2.24, 2.45) is 23.7 Å². The van der Waals surface area contributed by atoms with Gasteiger partial charge in [0.15, 0.2) is 0 Å². The predicted molar refractivity (Wildman–Crippen MR) is 140 cm³/mol. The summed E-state index contributed by atoms with van der Waals surface area (Å²) < 4.78 is 0. The van der Waals surface area contributed by atoms with E-state index in [1.807, 2.05) is 26.2 Å². The van der Waals surface area contributed by atoms with Gasteiger partial charge in [0.1, 0.15) is 11.3 Å². The highest BCUT2D eigenvalue weighted by Crippen LogP contribution is 2.54. The Morgan fingerprint density at radius 1 is 1.14 bits per heavy atom. The second-order valence-corrected chi connectivity index (χ2v) is 11.5. The molecule has 3 aliphatic heterocycles. The third kappa shape index (κ3) is 4.34. The fraction of sp³-hybridized carbons (Fsp3) is 0.517. The minimum Gasteiger partial charge on any atom is -0.508 e. The molecule has 36 heavy (non-hydrogen) atoms. The number of nitrogens with one attached hydrogen (secondary N) is 2. The maximum absolute atomic E-state index is 13.8. The third-order valence-corrected chi connectivity index (χ3v) is 8.40. The second kappa shape index (κ2) is 9.43. The summed E-state index contributed by atoms with van der Waals surface area (Å²) in [6, 6.07) is 15.6. The number of phenols is 1. The van der Waals surface area contributed by atoms with Gasteiger partial charge in [-0.2, -0.15) is 0 Å². The lowest BCUT2D eigenvalue weighted by atomic mass is 9.57. The van der Waals surface area contributed by atoms with Crippen molar-refractivity contribution in [2.45, 2.75) is 51.4 Å². The topological polar surface area (TPSA) is 84.9 Å². The molecule has 6 rings (SSSR count). The monoisotopic (exact) mass is 490 g/mol. The molecule has 2 amide bonds. The van der Waals surface area contributed by atoms with Crippen LogP contribution in [0.4, 0.5) is 5.69 Å². The number of benzene rings is 2. The quantitative estimate of drug-likeness (QED) is 0.530. The van der Waals surface area contributed by atoms with E-state index in [1.165, 1.54) is 11.3 Å². The van der Waals surface area contributed by atoms with E-state index in [2.05, 4.69) is 58.5 Å². The SMILES string of the molecule is CC(C)CC1C2C3C(=O)NC1(C(=O)NCc1ccc(O)cc1)CC3CN2Cc1ccc(N(C)C)cc1. The van der Waals surface area contributed by atoms with Crippen molar-refractivity contribution in [3.05, 3.63) is 59.7 Å². The number of rotatable bonds is 8. The minimum atomic E-state index is -0.883. The average Bonchev–Trinajstić information content (AvgIpc) is 3.14. The van der Waals surface area contributed by atoms with Gasteiger partial charge in [-0.05, 0) is 60.1 Å². The molecule has 0 aromatic heterocycles. The zero-order valence-electron chi connectivity index (χ0n) is 21.7. The van der Waals surface area contributed by atoms with Gasteiger partial charge >= 0.3 is 0 Å². The molecule has 0 spiro atoms. The molecule has 4 bridgehead atoms. The van der Waals surface area contributed by atoms with Gasteiger partial charge in [-0.1, -0.05) is 38.1 Å². The zero-order chi connectivity index (χ0) is 25.6. The Hall–Kier alpha value is -3.06. The van der Waals surface area contributed by atoms with Gasteiger partial charge in [-0.3, -0.25) is 14.5 Å². The fourth-order valence-corrected chi connectivity index (χ4v) is 6.84. The van der Waals surface area contributed by atoms with Gasteiger partial charge in [0.25, 0.3) is 0 Å². The number of carbonyl (C=O) groups is 2. The Balaban J connectivity index is 1.40. The standard InChI is InChI=1S/C29H38N4O3/c1-18(2)13-24-26-25-21(17-33(26)16-20-5-9-22(10-6-20)32(3)4)14-29(24,31-27(25)35)28(36)30-15-19-7-11-23(34)12-8-19/h5-12,18,21,24-26,34H,13-17H2,1-4H3,(H,30,36)(H,31,35). The predicted octanol–water partition coefficient (Wildman–Crippen LogP) is 3.13. The number of fused-ring (bicyclic) bond motifs is 1. The molecule has 2 aromatic carbocycles. The smallest absolute Gasteiger partial charge is 0.246 e. The van der Waals surface area contributed by atoms with E-state index in [0.717, 1.165) is 25.1 Å². The van der Waals surface area contributed by atoms with Crippen LogP contribution >= 0.6 is 0 Å². The summed E-state index contributed by atoms with van der Waals surface area (Å²) >= 11 is 0. The molecule has 2 aromatic rings. The maximum atomic E-state index is 13.8. The summed E-state index contributed by atoms with van der Waals surface area (Å²) in [5.41, 5.74) is 2.43. The van der Waals surface area contributed by atoms with Crippen molar-refractivity contribution in [2.75, 3.05) is 25.5 Å². The molecule has 0 radical (unpaired) electrons. The number of aromatic hydroxyl groups is 1. The summed E-state index contributed by atoms with van der Waals surface area (Å²) in [5, 5.41) is 15.9. The number of hydrogen-bond acceptors (Lipinski definition) is 5. The van der Waals surface area contributed by atoms with Gasteiger partial charge < -0.3 is 20.6 Å². The summed E-state index contributed by atoms with van der Waals surface area (Å²) in [5.74, 6) is 0.746. The van der Waals surface area contributed by atoms with Crippen LogP contribution in [0, 0.1) is 23.7 Å². The molecule has 4 fully saturated rings. The van der Waals surface area contributed by atoms with Crippen molar-refractivity contribution in [3.63, 3.8) is 0 Å². The molecular weight excluding hydrogens is 452 g/mol. The number of anilines is 1. The van der Waals surface area contributed by atoms with Gasteiger partial charge in [0, 0.05) is 51.4 Å². The first-order chi connectivity index (χ1) is 17.2. The van der Waals surface area contributed by atoms with Gasteiger partial charge in [-0.15, -0.1) is 0 Å². The number of carbonyl (C=O) groups excluding carboxylic acids is 2. The molecule has 3 saturated heterocycles. The molecule has 5 unspecified atom stereocenters. The van der Waals surface area contributed by atoms with Crippen LogP contribution in [0.15, 0.2) is 48.5 Å². The van der Waals surface area contributed by atoms with Crippen LogP contribution in [-0.2, 0) is 22.7 Å². The van der Waals surface area contributed by atoms with E-state index in [1.54, 1.807) is 12.1 Å². The first kappa shape index (κ1) is 24.6. The van der Waals surface area contributed by atoms with Crippen molar-refractivity contribution in [3.8, 4) is 5.75 Å². The van der Waals surface area contributed by atoms with Crippen LogP contribution in [0.1, 0.15) is 37.8 Å². The summed E-state index contributed by atoms with van der Waals surface area (Å²) in [4.78, 5) is 31.7. The van der Waals surface area contributed by atoms with Crippen molar-refractivity contribution in [1.82, 2.24) is 15.5 Å². The van der Waals surface area contributed by atoms with Crippen LogP contribution < -0.4 is 15.5 Å². The van der Waals surface area contributed by atoms with Gasteiger partial charge in [0.05, 0.1) is 5.92 Å². The van der Waals surface area contributed by atoms with Crippen molar-refractivity contribution < 1.29 is 14.7 Å². The number of amides is 2. The highest BCUT2D eigenvalue weighted by molar-refractivity contribution is 5.96. The molecule has 192 valence electrons. The molecule has 3 heterocycles. The Bertz CT molecular complexity index is 1110. The first-order valence-electron chi connectivity index (χ1n) is 13.1. The number of nitrogens with zero attached hydrogens (tertiary/aromatic N) is 2. The van der Waals surface area contributed by atoms with E-state index in [0.29, 0.717) is 18.9 Å². The van der Waals surface area contributed by atoms with Gasteiger partial charge in [-0.25, -0.2) is 0 Å². The Kier molecular flexibility index (Phi) is 6.45. The number of hydrogen-bond donors (Lipinski definition) is 3. The maximum Gasteiger partial charge on any atom is 0.246 e. The molecular formula is C29H38N4O3. The second-order valence-electron chi connectivity index (χ2n) is 11.5. The van der Waals surface area contributed by atoms with Crippen LogP contribution in [0.3, 0.4) is 0 Å². The summed E-state index contributed by atoms with van der Waals surface area (Å²) in [7, 11) is 4.08. The largest absolute Gasteiger partial charge is 0.508 e. The Morgan fingerprint density at radius 2 is 1.81 bits per heavy atom. The normalized spacial score (nSPS) is 28.9. The molecule has 1 saturated carbocycles. The van der Waals surface area contributed by atoms with Crippen molar-refractivity contribution >= 4 is 17.5 Å². The molecule has 5 atom stereocenters. The van der Waals surface area contributed by atoms with Crippen LogP contribution in [0.2, 0.25) is 0 Å². The van der Waals surface area contributed by atoms with E-state index < -0.39 is 5.54 Å². The summed E-state index contributed by atoms with van der Waals surface area (Å²) in [6.07, 6.45) is 1.58. The number of phenolic OH excluding ortho intramolecular Hbond substituents is 1. The fourth-order valence-electron chi connectivity index (χ4n) is 6.84. The number of piperidine rings is 2. The van der Waals surface area contributed by atoms with Crippen LogP contribution in [-0.4, -0.2) is 54.0 Å². The highest BCUT2D eigenvalue weighted by atomic mass is 16.3. The Morgan fingerprint density at radius 3 is 2.44 bits per heavy atom. The minimum absolute atomic E-state index is 0.0292. The van der Waals surface area contributed by atoms with E-state index >= 15 is 0 Å². The van der Waals surface area contributed by atoms with E-state index in [4.69, 9.17) is 0 Å². The van der Waals surface area contributed by atoms with E-state index in [-0.39, 0.29) is 41.4 Å². The molecule has 7 heteroatoms. The lowest BCUT2D eigenvalue weighted by molar-refractivity contribution is -0.155. The highest BCUT2D eigenvalue weighted by Gasteiger charge is 2.67. The summed E-state index contributed by atoms with van der Waals surface area (Å²) in [6.45, 7) is 6.40. The van der Waals surface area contributed by atoms with Crippen molar-refractivity contribution in [1.29, 1.82) is 0 Å². The third-order valence-electron chi connectivity index (χ3n) is 8.40. The lowest BCUT2D eigenvalue weighted by Crippen LogP contribution is -2.75. The number of likely N-dealkylation sites (tertiary alicyclic amines) is 1.